The van der Waals surface area contributed by atoms with Gasteiger partial charge in [0.25, 0.3) is 0 Å². The van der Waals surface area contributed by atoms with Gasteiger partial charge in [0.1, 0.15) is 18.4 Å². The molecule has 0 aliphatic heterocycles. The molecule has 6 heteroatoms. The molecule has 0 aromatic rings. The number of hydrogen-bond acceptors (Lipinski definition) is 4. The van der Waals surface area contributed by atoms with E-state index >= 15 is 0 Å². The topological polar surface area (TPSA) is 98.5 Å². The van der Waals surface area contributed by atoms with Gasteiger partial charge in [0.05, 0.1) is 0 Å². The van der Waals surface area contributed by atoms with E-state index in [1.54, 1.807) is 6.92 Å². The molecule has 0 saturated heterocycles. The molecule has 0 heterocycles. The van der Waals surface area contributed by atoms with Crippen LogP contribution in [0.25, 0.3) is 0 Å². The molecule has 0 aromatic heterocycles. The number of ketones is 1. The zero-order chi connectivity index (χ0) is 12.6. The summed E-state index contributed by atoms with van der Waals surface area (Å²) in [4.78, 5) is 32.9. The second-order valence-electron chi connectivity index (χ2n) is 3.40. The Morgan fingerprint density at radius 2 is 2.00 bits per heavy atom. The maximum atomic E-state index is 11.2. The second kappa shape index (κ2) is 7.81. The number of hydrogen-bond donors (Lipinski definition) is 2. The summed E-state index contributed by atoms with van der Waals surface area (Å²) >= 11 is 0. The second-order valence-corrected chi connectivity index (χ2v) is 3.40. The minimum Gasteiger partial charge on any atom is -0.372 e. The van der Waals surface area contributed by atoms with E-state index in [1.807, 2.05) is 0 Å². The van der Waals surface area contributed by atoms with Crippen molar-refractivity contribution < 1.29 is 19.1 Å². The van der Waals surface area contributed by atoms with Gasteiger partial charge in [-0.1, -0.05) is 0 Å². The number of nitrogens with one attached hydrogen (secondary N) is 1. The molecule has 0 unspecified atom stereocenters. The number of carbonyl (C=O) groups is 3. The van der Waals surface area contributed by atoms with Gasteiger partial charge in [-0.25, -0.2) is 0 Å². The van der Waals surface area contributed by atoms with E-state index in [0.29, 0.717) is 6.61 Å². The highest BCUT2D eigenvalue weighted by molar-refractivity contribution is 5.87. The first-order valence-electron chi connectivity index (χ1n) is 5.13. The van der Waals surface area contributed by atoms with Gasteiger partial charge in [0.15, 0.2) is 0 Å². The molecule has 2 amide bonds. The third-order valence-corrected chi connectivity index (χ3v) is 1.90. The fraction of sp³-hybridized carbons (Fsp3) is 0.700. The molecule has 3 N–H and O–H groups in total. The summed E-state index contributed by atoms with van der Waals surface area (Å²) in [5.74, 6) is -1.11. The van der Waals surface area contributed by atoms with E-state index in [-0.39, 0.29) is 25.2 Å². The van der Waals surface area contributed by atoms with Crippen molar-refractivity contribution in [3.8, 4) is 0 Å². The highest BCUT2D eigenvalue weighted by Gasteiger charge is 2.18. The third kappa shape index (κ3) is 6.94. The lowest BCUT2D eigenvalue weighted by Crippen LogP contribution is -2.45. The molecule has 0 aliphatic carbocycles. The van der Waals surface area contributed by atoms with Crippen molar-refractivity contribution in [2.24, 2.45) is 5.73 Å². The summed E-state index contributed by atoms with van der Waals surface area (Å²) in [5, 5.41) is 2.42. The molecule has 1 atom stereocenters. The lowest BCUT2D eigenvalue weighted by molar-refractivity contribution is -0.130. The Labute approximate surface area is 94.5 Å². The lowest BCUT2D eigenvalue weighted by atomic mass is 10.1. The standard InChI is InChI=1S/C10H18N2O4/c1-3-16-6-9(14)12-8(10(11)15)5-4-7(2)13/h8H,3-6H2,1-2H3,(H2,11,15)(H,12,14)/t8-/m0/s1. The number of amides is 2. The van der Waals surface area contributed by atoms with Crippen molar-refractivity contribution in [2.45, 2.75) is 32.7 Å². The molecule has 92 valence electrons. The smallest absolute Gasteiger partial charge is 0.246 e. The molecule has 16 heavy (non-hydrogen) atoms. The highest BCUT2D eigenvalue weighted by Crippen LogP contribution is 1.98. The van der Waals surface area contributed by atoms with Gasteiger partial charge in [-0.05, 0) is 20.3 Å². The van der Waals surface area contributed by atoms with Crippen LogP contribution in [0.15, 0.2) is 0 Å². The Kier molecular flexibility index (Phi) is 7.11. The molecule has 0 bridgehead atoms. The van der Waals surface area contributed by atoms with Crippen LogP contribution in [0.3, 0.4) is 0 Å². The van der Waals surface area contributed by atoms with E-state index in [1.165, 1.54) is 6.92 Å². The predicted molar refractivity (Wildman–Crippen MR) is 57.5 cm³/mol. The Morgan fingerprint density at radius 1 is 1.38 bits per heavy atom. The first-order valence-corrected chi connectivity index (χ1v) is 5.13. The van der Waals surface area contributed by atoms with Gasteiger partial charge in [0, 0.05) is 13.0 Å². The van der Waals surface area contributed by atoms with E-state index in [0.717, 1.165) is 0 Å². The Morgan fingerprint density at radius 3 is 2.44 bits per heavy atom. The average Bonchev–Trinajstić information content (AvgIpc) is 2.20. The average molecular weight is 230 g/mol. The minimum atomic E-state index is -0.808. The molecule has 0 aliphatic rings. The number of rotatable bonds is 8. The molecule has 6 nitrogen and oxygen atoms in total. The van der Waals surface area contributed by atoms with E-state index in [9.17, 15) is 14.4 Å². The Balaban J connectivity index is 4.07. The number of primary amides is 1. The predicted octanol–water partition coefficient (Wildman–Crippen LogP) is -0.638. The van der Waals surface area contributed by atoms with Gasteiger partial charge in [-0.3, -0.25) is 9.59 Å². The molecular weight excluding hydrogens is 212 g/mol. The zero-order valence-corrected chi connectivity index (χ0v) is 9.62. The van der Waals surface area contributed by atoms with Gasteiger partial charge in [-0.15, -0.1) is 0 Å². The maximum Gasteiger partial charge on any atom is 0.246 e. The monoisotopic (exact) mass is 230 g/mol. The van der Waals surface area contributed by atoms with Crippen LogP contribution in [0.5, 0.6) is 0 Å². The van der Waals surface area contributed by atoms with Crippen LogP contribution >= 0.6 is 0 Å². The quantitative estimate of drug-likeness (QED) is 0.579. The van der Waals surface area contributed by atoms with Crippen molar-refractivity contribution in [3.63, 3.8) is 0 Å². The van der Waals surface area contributed by atoms with E-state index < -0.39 is 17.9 Å². The van der Waals surface area contributed by atoms with Crippen LogP contribution in [0.4, 0.5) is 0 Å². The van der Waals surface area contributed by atoms with Crippen molar-refractivity contribution in [1.29, 1.82) is 0 Å². The maximum absolute atomic E-state index is 11.2. The largest absolute Gasteiger partial charge is 0.372 e. The number of carbonyl (C=O) groups excluding carboxylic acids is 3. The summed E-state index contributed by atoms with van der Waals surface area (Å²) in [6.07, 6.45) is 0.436. The summed E-state index contributed by atoms with van der Waals surface area (Å²) in [6, 6.07) is -0.808. The van der Waals surface area contributed by atoms with E-state index in [4.69, 9.17) is 10.5 Å². The minimum absolute atomic E-state index is 0.0506. The van der Waals surface area contributed by atoms with Gasteiger partial charge in [0.2, 0.25) is 11.8 Å². The highest BCUT2D eigenvalue weighted by atomic mass is 16.5. The summed E-state index contributed by atoms with van der Waals surface area (Å²) in [5.41, 5.74) is 5.09. The van der Waals surface area contributed by atoms with Crippen molar-refractivity contribution >= 4 is 17.6 Å². The van der Waals surface area contributed by atoms with Crippen LogP contribution in [0.2, 0.25) is 0 Å². The lowest BCUT2D eigenvalue weighted by Gasteiger charge is -2.14. The van der Waals surface area contributed by atoms with Crippen molar-refractivity contribution in [2.75, 3.05) is 13.2 Å². The van der Waals surface area contributed by atoms with Crippen LogP contribution in [-0.4, -0.2) is 36.9 Å². The Bertz CT molecular complexity index is 266. The molecule has 0 aromatic carbocycles. The third-order valence-electron chi connectivity index (χ3n) is 1.90. The van der Waals surface area contributed by atoms with Crippen LogP contribution < -0.4 is 11.1 Å². The summed E-state index contributed by atoms with van der Waals surface area (Å²) < 4.78 is 4.87. The Hall–Kier alpha value is -1.43. The molecule has 0 fully saturated rings. The van der Waals surface area contributed by atoms with Crippen molar-refractivity contribution in [3.05, 3.63) is 0 Å². The molecular formula is C10H18N2O4. The van der Waals surface area contributed by atoms with E-state index in [2.05, 4.69) is 5.32 Å². The normalized spacial score (nSPS) is 11.9. The number of nitrogens with two attached hydrogens (primary N) is 1. The fourth-order valence-electron chi connectivity index (χ4n) is 1.06. The van der Waals surface area contributed by atoms with Crippen LogP contribution in [-0.2, 0) is 19.1 Å². The molecule has 0 saturated carbocycles. The molecule has 0 radical (unpaired) electrons. The number of ether oxygens (including phenoxy) is 1. The molecule has 0 spiro atoms. The zero-order valence-electron chi connectivity index (χ0n) is 9.62. The van der Waals surface area contributed by atoms with Gasteiger partial charge in [-0.2, -0.15) is 0 Å². The fourth-order valence-corrected chi connectivity index (χ4v) is 1.06. The summed E-state index contributed by atoms with van der Waals surface area (Å²) in [7, 11) is 0. The van der Waals surface area contributed by atoms with Crippen molar-refractivity contribution in [1.82, 2.24) is 5.32 Å². The first-order chi connectivity index (χ1) is 7.47. The SMILES string of the molecule is CCOCC(=O)N[C@@H](CCC(C)=O)C(N)=O. The van der Waals surface area contributed by atoms with Gasteiger partial charge >= 0.3 is 0 Å². The van der Waals surface area contributed by atoms with Gasteiger partial charge < -0.3 is 20.6 Å². The molecule has 0 rings (SSSR count). The first kappa shape index (κ1) is 14.6. The summed E-state index contributed by atoms with van der Waals surface area (Å²) in [6.45, 7) is 3.48. The van der Waals surface area contributed by atoms with Crippen LogP contribution in [0, 0.1) is 0 Å². The van der Waals surface area contributed by atoms with Crippen LogP contribution in [0.1, 0.15) is 26.7 Å². The number of Topliss-reactive ketones (excluding diaryl/α,β-unsaturated/α-hetero) is 1.